The highest BCUT2D eigenvalue weighted by Crippen LogP contribution is 2.10. The SMILES string of the molecule is NCc1cccn2c(CCN3CCOCC3)nnc12. The number of hydrogen-bond donors (Lipinski definition) is 1. The van der Waals surface area contributed by atoms with Crippen molar-refractivity contribution in [2.75, 3.05) is 32.8 Å². The lowest BCUT2D eigenvalue weighted by Crippen LogP contribution is -2.37. The number of rotatable bonds is 4. The highest BCUT2D eigenvalue weighted by molar-refractivity contribution is 5.47. The van der Waals surface area contributed by atoms with Crippen molar-refractivity contribution in [3.8, 4) is 0 Å². The molecular weight excluding hydrogens is 242 g/mol. The summed E-state index contributed by atoms with van der Waals surface area (Å²) in [6.07, 6.45) is 2.90. The minimum atomic E-state index is 0.492. The van der Waals surface area contributed by atoms with Gasteiger partial charge in [-0.05, 0) is 6.07 Å². The van der Waals surface area contributed by atoms with Crippen LogP contribution in [0.15, 0.2) is 18.3 Å². The molecule has 0 unspecified atom stereocenters. The molecule has 0 saturated carbocycles. The number of morpholine rings is 1. The third-order valence-electron chi connectivity index (χ3n) is 3.56. The molecule has 102 valence electrons. The van der Waals surface area contributed by atoms with Gasteiger partial charge in [0.2, 0.25) is 0 Å². The lowest BCUT2D eigenvalue weighted by molar-refractivity contribution is 0.0382. The van der Waals surface area contributed by atoms with Gasteiger partial charge in [0.05, 0.1) is 13.2 Å². The first-order valence-electron chi connectivity index (χ1n) is 6.70. The van der Waals surface area contributed by atoms with Crippen LogP contribution in [0.25, 0.3) is 5.65 Å². The minimum absolute atomic E-state index is 0.492. The zero-order valence-corrected chi connectivity index (χ0v) is 11.0. The molecule has 2 N–H and O–H groups in total. The van der Waals surface area contributed by atoms with Crippen molar-refractivity contribution in [1.29, 1.82) is 0 Å². The van der Waals surface area contributed by atoms with E-state index < -0.39 is 0 Å². The van der Waals surface area contributed by atoms with Gasteiger partial charge >= 0.3 is 0 Å². The van der Waals surface area contributed by atoms with E-state index in [1.54, 1.807) is 0 Å². The van der Waals surface area contributed by atoms with E-state index in [1.165, 1.54) is 0 Å². The molecule has 3 heterocycles. The normalized spacial score (nSPS) is 17.1. The quantitative estimate of drug-likeness (QED) is 0.843. The van der Waals surface area contributed by atoms with Crippen LogP contribution >= 0.6 is 0 Å². The van der Waals surface area contributed by atoms with Gasteiger partial charge in [0, 0.05) is 44.4 Å². The van der Waals surface area contributed by atoms with Crippen molar-refractivity contribution in [3.05, 3.63) is 29.7 Å². The Kier molecular flexibility index (Phi) is 3.72. The van der Waals surface area contributed by atoms with Crippen molar-refractivity contribution in [1.82, 2.24) is 19.5 Å². The molecule has 0 atom stereocenters. The van der Waals surface area contributed by atoms with E-state index >= 15 is 0 Å². The smallest absolute Gasteiger partial charge is 0.165 e. The van der Waals surface area contributed by atoms with Crippen molar-refractivity contribution in [2.45, 2.75) is 13.0 Å². The molecule has 2 aromatic rings. The maximum atomic E-state index is 5.71. The molecule has 0 aliphatic carbocycles. The Balaban J connectivity index is 1.74. The molecule has 1 aliphatic heterocycles. The Labute approximate surface area is 112 Å². The van der Waals surface area contributed by atoms with Gasteiger partial charge in [0.15, 0.2) is 5.65 Å². The topological polar surface area (TPSA) is 68.7 Å². The molecule has 0 spiro atoms. The van der Waals surface area contributed by atoms with Crippen molar-refractivity contribution < 1.29 is 4.74 Å². The summed E-state index contributed by atoms with van der Waals surface area (Å²) < 4.78 is 7.39. The third kappa shape index (κ3) is 2.60. The van der Waals surface area contributed by atoms with Crippen molar-refractivity contribution in [3.63, 3.8) is 0 Å². The third-order valence-corrected chi connectivity index (χ3v) is 3.56. The molecular formula is C13H19N5O. The van der Waals surface area contributed by atoms with E-state index in [0.717, 1.165) is 56.3 Å². The monoisotopic (exact) mass is 261 g/mol. The zero-order chi connectivity index (χ0) is 13.1. The van der Waals surface area contributed by atoms with Crippen LogP contribution in [0.1, 0.15) is 11.4 Å². The molecule has 6 nitrogen and oxygen atoms in total. The molecule has 0 bridgehead atoms. The molecule has 2 aromatic heterocycles. The van der Waals surface area contributed by atoms with E-state index in [2.05, 4.69) is 15.1 Å². The number of nitrogens with two attached hydrogens (primary N) is 1. The number of pyridine rings is 1. The Hall–Kier alpha value is -1.50. The van der Waals surface area contributed by atoms with E-state index in [4.69, 9.17) is 10.5 Å². The van der Waals surface area contributed by atoms with Crippen LogP contribution in [0.4, 0.5) is 0 Å². The summed E-state index contributed by atoms with van der Waals surface area (Å²) in [5.41, 5.74) is 7.62. The van der Waals surface area contributed by atoms with Gasteiger partial charge in [-0.3, -0.25) is 9.30 Å². The average molecular weight is 261 g/mol. The summed E-state index contributed by atoms with van der Waals surface area (Å²) in [4.78, 5) is 2.40. The van der Waals surface area contributed by atoms with Gasteiger partial charge in [-0.15, -0.1) is 10.2 Å². The highest BCUT2D eigenvalue weighted by atomic mass is 16.5. The minimum Gasteiger partial charge on any atom is -0.379 e. The van der Waals surface area contributed by atoms with Crippen LogP contribution in [0.2, 0.25) is 0 Å². The zero-order valence-electron chi connectivity index (χ0n) is 11.0. The predicted octanol–water partition coefficient (Wildman–Crippen LogP) is 0.0627. The fourth-order valence-corrected chi connectivity index (χ4v) is 2.43. The summed E-state index contributed by atoms with van der Waals surface area (Å²) >= 11 is 0. The molecule has 19 heavy (non-hydrogen) atoms. The van der Waals surface area contributed by atoms with Crippen LogP contribution in [-0.4, -0.2) is 52.3 Å². The van der Waals surface area contributed by atoms with E-state index in [0.29, 0.717) is 6.54 Å². The fourth-order valence-electron chi connectivity index (χ4n) is 2.43. The summed E-state index contributed by atoms with van der Waals surface area (Å²) in [5, 5.41) is 8.53. The van der Waals surface area contributed by atoms with Gasteiger partial charge in [-0.1, -0.05) is 6.07 Å². The first-order valence-corrected chi connectivity index (χ1v) is 6.70. The molecule has 1 aliphatic rings. The van der Waals surface area contributed by atoms with Crippen molar-refractivity contribution in [2.24, 2.45) is 5.73 Å². The van der Waals surface area contributed by atoms with Crippen molar-refractivity contribution >= 4 is 5.65 Å². The van der Waals surface area contributed by atoms with E-state index in [1.807, 2.05) is 22.7 Å². The fraction of sp³-hybridized carbons (Fsp3) is 0.538. The summed E-state index contributed by atoms with van der Waals surface area (Å²) in [6.45, 7) is 5.16. The van der Waals surface area contributed by atoms with Gasteiger partial charge in [-0.25, -0.2) is 0 Å². The van der Waals surface area contributed by atoms with Gasteiger partial charge in [-0.2, -0.15) is 0 Å². The van der Waals surface area contributed by atoms with Gasteiger partial charge in [0.25, 0.3) is 0 Å². The van der Waals surface area contributed by atoms with Crippen LogP contribution in [0.5, 0.6) is 0 Å². The Morgan fingerprint density at radius 2 is 2.11 bits per heavy atom. The summed E-state index contributed by atoms with van der Waals surface area (Å²) in [7, 11) is 0. The van der Waals surface area contributed by atoms with Crippen LogP contribution in [0, 0.1) is 0 Å². The molecule has 0 amide bonds. The molecule has 3 rings (SSSR count). The standard InChI is InChI=1S/C13H19N5O/c14-10-11-2-1-4-18-12(15-16-13(11)18)3-5-17-6-8-19-9-7-17/h1-2,4H,3,5-10,14H2. The number of ether oxygens (including phenoxy) is 1. The number of aromatic nitrogens is 3. The van der Waals surface area contributed by atoms with Crippen LogP contribution in [0.3, 0.4) is 0 Å². The number of nitrogens with zero attached hydrogens (tertiary/aromatic N) is 4. The second-order valence-electron chi connectivity index (χ2n) is 4.75. The lowest BCUT2D eigenvalue weighted by atomic mass is 10.2. The number of fused-ring (bicyclic) bond motifs is 1. The highest BCUT2D eigenvalue weighted by Gasteiger charge is 2.13. The Morgan fingerprint density at radius 1 is 1.26 bits per heavy atom. The maximum Gasteiger partial charge on any atom is 0.165 e. The predicted molar refractivity (Wildman–Crippen MR) is 71.8 cm³/mol. The summed E-state index contributed by atoms with van der Waals surface area (Å²) in [6, 6.07) is 3.99. The average Bonchev–Trinajstić information content (AvgIpc) is 2.89. The lowest BCUT2D eigenvalue weighted by Gasteiger charge is -2.26. The molecule has 1 saturated heterocycles. The molecule has 0 radical (unpaired) electrons. The van der Waals surface area contributed by atoms with Gasteiger partial charge < -0.3 is 10.5 Å². The largest absolute Gasteiger partial charge is 0.379 e. The van der Waals surface area contributed by atoms with Gasteiger partial charge in [0.1, 0.15) is 5.82 Å². The molecule has 6 heteroatoms. The van der Waals surface area contributed by atoms with Crippen LogP contribution < -0.4 is 5.73 Å². The summed E-state index contributed by atoms with van der Waals surface area (Å²) in [5.74, 6) is 0.997. The van der Waals surface area contributed by atoms with E-state index in [-0.39, 0.29) is 0 Å². The first-order chi connectivity index (χ1) is 9.38. The van der Waals surface area contributed by atoms with E-state index in [9.17, 15) is 0 Å². The molecule has 0 aromatic carbocycles. The first kappa shape index (κ1) is 12.5. The Morgan fingerprint density at radius 3 is 2.89 bits per heavy atom. The second-order valence-corrected chi connectivity index (χ2v) is 4.75. The molecule has 1 fully saturated rings. The van der Waals surface area contributed by atoms with Crippen LogP contribution in [-0.2, 0) is 17.7 Å². The maximum absolute atomic E-state index is 5.71. The number of hydrogen-bond acceptors (Lipinski definition) is 5. The Bertz CT molecular complexity index is 547. The second kappa shape index (κ2) is 5.64.